The predicted molar refractivity (Wildman–Crippen MR) is 130 cm³/mol. The van der Waals surface area contributed by atoms with Gasteiger partial charge >= 0.3 is 19.8 Å². The number of alkyl halides is 1. The Morgan fingerprint density at radius 3 is 2.68 bits per heavy atom. The van der Waals surface area contributed by atoms with Crippen LogP contribution in [0, 0.1) is 11.8 Å². The maximum atomic E-state index is 16.2. The van der Waals surface area contributed by atoms with Crippen LogP contribution in [0.2, 0.25) is 0 Å². The molecule has 4 rings (SSSR count). The summed E-state index contributed by atoms with van der Waals surface area (Å²) in [4.78, 5) is 43.6. The Labute approximate surface area is 212 Å². The number of hydroxylamine groups is 1. The summed E-state index contributed by atoms with van der Waals surface area (Å²) in [6.45, 7) is 2.35. The molecule has 1 heterocycles. The maximum absolute atomic E-state index is 16.2. The van der Waals surface area contributed by atoms with Crippen molar-refractivity contribution in [1.29, 1.82) is 0 Å². The molecule has 1 saturated carbocycles. The standard InChI is InChI=1S/C24H27FN3O8P/c1-14(22(31)32)28(36-17-6-4-3-5-7-17)37(34)35-13-16-12-15-8-9-18(24(2,25)20(15)21(16)30)27-11-10-19(29)26-23(27)33/h3-8,10-11,14,16,18,20-21,30H,9,12-13H2,1-2H3,(H-,26,29,31,32,33)/p+1/t14?,16-,18-,20?,21-,24+/m1/s1. The fourth-order valence-corrected chi connectivity index (χ4v) is 5.99. The van der Waals surface area contributed by atoms with E-state index in [4.69, 9.17) is 9.36 Å². The van der Waals surface area contributed by atoms with Crippen molar-refractivity contribution in [2.24, 2.45) is 11.8 Å². The molecule has 198 valence electrons. The number of halogens is 1. The first-order valence-electron chi connectivity index (χ1n) is 11.7. The fourth-order valence-electron chi connectivity index (χ4n) is 5.02. The van der Waals surface area contributed by atoms with Gasteiger partial charge in [0.15, 0.2) is 11.8 Å². The highest BCUT2D eigenvalue weighted by Crippen LogP contribution is 2.52. The summed E-state index contributed by atoms with van der Waals surface area (Å²) in [6, 6.07) is 7.07. The van der Waals surface area contributed by atoms with Gasteiger partial charge in [-0.2, -0.15) is 0 Å². The third-order valence-corrected chi connectivity index (χ3v) is 8.08. The zero-order valence-electron chi connectivity index (χ0n) is 20.2. The highest BCUT2D eigenvalue weighted by atomic mass is 31.1. The Kier molecular flexibility index (Phi) is 7.75. The van der Waals surface area contributed by atoms with Crippen molar-refractivity contribution >= 4 is 14.1 Å². The second-order valence-electron chi connectivity index (χ2n) is 9.39. The van der Waals surface area contributed by atoms with Gasteiger partial charge in [-0.25, -0.2) is 9.18 Å². The lowest BCUT2D eigenvalue weighted by Gasteiger charge is -2.41. The van der Waals surface area contributed by atoms with Gasteiger partial charge in [-0.1, -0.05) is 29.8 Å². The second kappa shape index (κ2) is 10.7. The molecule has 0 saturated heterocycles. The molecule has 0 amide bonds. The molecule has 3 unspecified atom stereocenters. The number of aliphatic hydroxyl groups is 1. The number of aliphatic hydroxyl groups excluding tert-OH is 1. The number of nitrogens with zero attached hydrogens (tertiary/aromatic N) is 2. The van der Waals surface area contributed by atoms with Crippen LogP contribution in [0.15, 0.2) is 63.8 Å². The van der Waals surface area contributed by atoms with Gasteiger partial charge in [-0.15, -0.1) is 4.52 Å². The molecule has 0 bridgehead atoms. The number of carboxylic acids is 1. The zero-order valence-corrected chi connectivity index (χ0v) is 21.1. The third kappa shape index (κ3) is 5.42. The number of carboxylic acid groups (broad SMARTS) is 1. The van der Waals surface area contributed by atoms with Crippen molar-refractivity contribution in [3.05, 3.63) is 75.1 Å². The van der Waals surface area contributed by atoms with E-state index >= 15 is 4.39 Å². The van der Waals surface area contributed by atoms with Crippen LogP contribution in [0.4, 0.5) is 4.39 Å². The normalized spacial score (nSPS) is 28.4. The van der Waals surface area contributed by atoms with E-state index in [9.17, 15) is 29.2 Å². The molecule has 1 aromatic carbocycles. The van der Waals surface area contributed by atoms with Crippen LogP contribution in [0.5, 0.6) is 5.75 Å². The summed E-state index contributed by atoms with van der Waals surface area (Å²) in [7, 11) is -2.80. The Hall–Kier alpha value is -3.18. The van der Waals surface area contributed by atoms with Gasteiger partial charge in [0.2, 0.25) is 0 Å². The summed E-state index contributed by atoms with van der Waals surface area (Å²) in [5.74, 6) is -2.60. The SMILES string of the molecule is CC(C(=O)O)N(Oc1ccccc1)[P+](=O)OC[C@H]1CC2=CC[C@@H](n3ccc(=O)[nH]c3=O)[C@](C)(F)C2[C@@H]1O. The molecule has 37 heavy (non-hydrogen) atoms. The monoisotopic (exact) mass is 536 g/mol. The van der Waals surface area contributed by atoms with Crippen LogP contribution in [-0.4, -0.2) is 55.0 Å². The van der Waals surface area contributed by atoms with Crippen molar-refractivity contribution < 1.29 is 33.3 Å². The molecule has 13 heteroatoms. The summed E-state index contributed by atoms with van der Waals surface area (Å²) in [5, 5.41) is 20.5. The molecule has 2 aliphatic rings. The van der Waals surface area contributed by atoms with Crippen molar-refractivity contribution in [1.82, 2.24) is 14.4 Å². The summed E-state index contributed by atoms with van der Waals surface area (Å²) >= 11 is 0. The number of nitrogens with one attached hydrogen (secondary N) is 1. The molecule has 0 aliphatic heterocycles. The lowest BCUT2D eigenvalue weighted by atomic mass is 9.74. The Balaban J connectivity index is 1.47. The van der Waals surface area contributed by atoms with Gasteiger partial charge in [0.25, 0.3) is 5.56 Å². The molecular formula is C24H28FN3O8P+. The molecule has 7 atom stereocenters. The van der Waals surface area contributed by atoms with Crippen LogP contribution in [0.25, 0.3) is 0 Å². The van der Waals surface area contributed by atoms with Crippen LogP contribution in [0.3, 0.4) is 0 Å². The minimum absolute atomic E-state index is 0.175. The average molecular weight is 536 g/mol. The Bertz CT molecular complexity index is 1310. The first kappa shape index (κ1) is 26.9. The van der Waals surface area contributed by atoms with E-state index in [0.29, 0.717) is 5.57 Å². The summed E-state index contributed by atoms with van der Waals surface area (Å²) < 4.78 is 35.7. The zero-order chi connectivity index (χ0) is 26.9. The van der Waals surface area contributed by atoms with Gasteiger partial charge in [0, 0.05) is 24.1 Å². The quantitative estimate of drug-likeness (QED) is 0.250. The first-order chi connectivity index (χ1) is 17.5. The Morgan fingerprint density at radius 1 is 1.32 bits per heavy atom. The molecule has 1 fully saturated rings. The van der Waals surface area contributed by atoms with Gasteiger partial charge in [0.1, 0.15) is 17.1 Å². The van der Waals surface area contributed by atoms with Gasteiger partial charge in [0.05, 0.1) is 12.1 Å². The van der Waals surface area contributed by atoms with Gasteiger partial charge < -0.3 is 15.1 Å². The number of rotatable bonds is 9. The summed E-state index contributed by atoms with van der Waals surface area (Å²) in [6.07, 6.45) is 2.24. The van der Waals surface area contributed by atoms with Crippen molar-refractivity contribution in [2.75, 3.05) is 6.61 Å². The van der Waals surface area contributed by atoms with Gasteiger partial charge in [-0.3, -0.25) is 19.1 Å². The molecule has 1 aromatic heterocycles. The van der Waals surface area contributed by atoms with E-state index in [1.54, 1.807) is 36.4 Å². The predicted octanol–water partition coefficient (Wildman–Crippen LogP) is 2.58. The largest absolute Gasteiger partial charge is 0.653 e. The number of allylic oxidation sites excluding steroid dienone is 1. The van der Waals surface area contributed by atoms with Crippen molar-refractivity contribution in [3.63, 3.8) is 0 Å². The molecule has 11 nitrogen and oxygen atoms in total. The highest BCUT2D eigenvalue weighted by Gasteiger charge is 2.56. The number of aromatic nitrogens is 2. The average Bonchev–Trinajstić information content (AvgIpc) is 3.18. The van der Waals surface area contributed by atoms with Crippen LogP contribution in [-0.2, 0) is 13.9 Å². The van der Waals surface area contributed by atoms with Gasteiger partial charge in [-0.05, 0) is 43.4 Å². The lowest BCUT2D eigenvalue weighted by molar-refractivity contribution is -0.148. The number of carbonyl (C=O) groups is 1. The minimum Gasteiger partial charge on any atom is -0.480 e. The number of hydrogen-bond donors (Lipinski definition) is 3. The van der Waals surface area contributed by atoms with E-state index in [-0.39, 0.29) is 25.2 Å². The molecule has 0 spiro atoms. The number of aliphatic carboxylic acids is 1. The smallest absolute Gasteiger partial charge is 0.480 e. The van der Waals surface area contributed by atoms with Crippen molar-refractivity contribution in [3.8, 4) is 5.75 Å². The second-order valence-corrected chi connectivity index (χ2v) is 10.5. The summed E-state index contributed by atoms with van der Waals surface area (Å²) in [5.41, 5.74) is -2.72. The molecule has 2 aromatic rings. The van der Waals surface area contributed by atoms with Crippen molar-refractivity contribution in [2.45, 2.75) is 50.5 Å². The molecule has 2 aliphatic carbocycles. The number of para-hydroxylation sites is 1. The number of aromatic amines is 1. The van der Waals surface area contributed by atoms with E-state index in [0.717, 1.165) is 15.5 Å². The van der Waals surface area contributed by atoms with E-state index in [1.807, 2.05) is 0 Å². The maximum Gasteiger partial charge on any atom is 0.653 e. The third-order valence-electron chi connectivity index (χ3n) is 6.96. The van der Waals surface area contributed by atoms with E-state index in [1.165, 1.54) is 20.0 Å². The topological polar surface area (TPSA) is 151 Å². The van der Waals surface area contributed by atoms with E-state index < -0.39 is 61.1 Å². The van der Waals surface area contributed by atoms with Crippen LogP contribution < -0.4 is 16.1 Å². The van der Waals surface area contributed by atoms with E-state index in [2.05, 4.69) is 4.98 Å². The number of H-pyrrole nitrogens is 1. The fraction of sp³-hybridized carbons (Fsp3) is 0.458. The molecule has 3 N–H and O–H groups in total. The molecular weight excluding hydrogens is 508 g/mol. The van der Waals surface area contributed by atoms with Crippen LogP contribution >= 0.6 is 8.18 Å². The number of hydrogen-bond acceptors (Lipinski definition) is 7. The Morgan fingerprint density at radius 2 is 2.03 bits per heavy atom. The minimum atomic E-state index is -2.80. The molecule has 0 radical (unpaired) electrons. The number of benzene rings is 1. The first-order valence-corrected chi connectivity index (χ1v) is 12.9. The van der Waals surface area contributed by atoms with Crippen LogP contribution in [0.1, 0.15) is 32.7 Å². The number of fused-ring (bicyclic) bond motifs is 1. The lowest BCUT2D eigenvalue weighted by Crippen LogP contribution is -2.49. The highest BCUT2D eigenvalue weighted by molar-refractivity contribution is 7.36.